The van der Waals surface area contributed by atoms with Crippen molar-refractivity contribution in [2.75, 3.05) is 29.9 Å². The quantitative estimate of drug-likeness (QED) is 0.793. The Morgan fingerprint density at radius 1 is 1.16 bits per heavy atom. The second-order valence-electron chi connectivity index (χ2n) is 6.49. The van der Waals surface area contributed by atoms with Gasteiger partial charge < -0.3 is 15.0 Å². The zero-order valence-electron chi connectivity index (χ0n) is 15.3. The molecule has 0 spiro atoms. The summed E-state index contributed by atoms with van der Waals surface area (Å²) in [5.41, 5.74) is 5.78. The van der Waals surface area contributed by atoms with Gasteiger partial charge >= 0.3 is 5.97 Å². The third-order valence-corrected chi connectivity index (χ3v) is 4.72. The van der Waals surface area contributed by atoms with Gasteiger partial charge in [-0.05, 0) is 62.9 Å². The predicted molar refractivity (Wildman–Crippen MR) is 103 cm³/mol. The number of aryl methyl sites for hydroxylation is 1. The molecule has 0 atom stereocenters. The van der Waals surface area contributed by atoms with E-state index >= 15 is 0 Å². The van der Waals surface area contributed by atoms with Gasteiger partial charge in [-0.1, -0.05) is 18.2 Å². The summed E-state index contributed by atoms with van der Waals surface area (Å²) in [6.07, 6.45) is 2.42. The molecule has 0 unspecified atom stereocenters. The number of ether oxygens (including phenoxy) is 1. The molecule has 25 heavy (non-hydrogen) atoms. The van der Waals surface area contributed by atoms with E-state index in [2.05, 4.69) is 16.3 Å². The zero-order chi connectivity index (χ0) is 17.8. The summed E-state index contributed by atoms with van der Waals surface area (Å²) in [7, 11) is 0. The lowest BCUT2D eigenvalue weighted by atomic mass is 9.98. The molecule has 132 valence electrons. The van der Waals surface area contributed by atoms with Crippen molar-refractivity contribution in [2.45, 2.75) is 33.6 Å². The molecule has 2 aromatic carbocycles. The third kappa shape index (κ3) is 3.63. The lowest BCUT2D eigenvalue weighted by molar-refractivity contribution is 0.0525. The van der Waals surface area contributed by atoms with Crippen LogP contribution in [-0.2, 0) is 4.74 Å². The van der Waals surface area contributed by atoms with Crippen molar-refractivity contribution in [2.24, 2.45) is 0 Å². The molecule has 0 bridgehead atoms. The van der Waals surface area contributed by atoms with Crippen LogP contribution in [0.15, 0.2) is 36.4 Å². The van der Waals surface area contributed by atoms with E-state index in [-0.39, 0.29) is 5.97 Å². The summed E-state index contributed by atoms with van der Waals surface area (Å²) in [4.78, 5) is 14.9. The Morgan fingerprint density at radius 3 is 2.48 bits per heavy atom. The molecule has 4 nitrogen and oxygen atoms in total. The highest BCUT2D eigenvalue weighted by Crippen LogP contribution is 2.38. The molecule has 3 rings (SSSR count). The monoisotopic (exact) mass is 338 g/mol. The summed E-state index contributed by atoms with van der Waals surface area (Å²) in [6.45, 7) is 8.33. The Bertz CT molecular complexity index is 750. The molecule has 0 amide bonds. The third-order valence-electron chi connectivity index (χ3n) is 4.72. The minimum Gasteiger partial charge on any atom is -0.462 e. The number of nitrogens with zero attached hydrogens (tertiary/aromatic N) is 1. The standard InChI is InChI=1S/C21H26N2O2/c1-4-25-21(24)19-15(2)14-18(23-12-8-9-13-23)20(16(19)3)22-17-10-6-5-7-11-17/h5-7,10-11,14,22H,4,8-9,12-13H2,1-3H3. The number of anilines is 3. The summed E-state index contributed by atoms with van der Waals surface area (Å²) < 4.78 is 5.28. The summed E-state index contributed by atoms with van der Waals surface area (Å²) in [6, 6.07) is 12.2. The maximum absolute atomic E-state index is 12.5. The predicted octanol–water partition coefficient (Wildman–Crippen LogP) is 4.82. The highest BCUT2D eigenvalue weighted by atomic mass is 16.5. The van der Waals surface area contributed by atoms with Gasteiger partial charge in [-0.15, -0.1) is 0 Å². The Balaban J connectivity index is 2.09. The summed E-state index contributed by atoms with van der Waals surface area (Å²) >= 11 is 0. The van der Waals surface area contributed by atoms with Crippen molar-refractivity contribution in [3.05, 3.63) is 53.1 Å². The first-order valence-corrected chi connectivity index (χ1v) is 9.00. The Hall–Kier alpha value is -2.49. The normalized spacial score (nSPS) is 13.8. The van der Waals surface area contributed by atoms with E-state index in [1.54, 1.807) is 0 Å². The lowest BCUT2D eigenvalue weighted by Gasteiger charge is -2.26. The number of rotatable bonds is 5. The highest BCUT2D eigenvalue weighted by Gasteiger charge is 2.23. The smallest absolute Gasteiger partial charge is 0.338 e. The van der Waals surface area contributed by atoms with Crippen LogP contribution < -0.4 is 10.2 Å². The number of para-hydroxylation sites is 1. The van der Waals surface area contributed by atoms with Crippen LogP contribution in [-0.4, -0.2) is 25.7 Å². The van der Waals surface area contributed by atoms with Crippen molar-refractivity contribution in [1.82, 2.24) is 0 Å². The number of carbonyl (C=O) groups excluding carboxylic acids is 1. The lowest BCUT2D eigenvalue weighted by Crippen LogP contribution is -2.21. The molecule has 1 aliphatic rings. The molecule has 2 aromatic rings. The minimum absolute atomic E-state index is 0.249. The molecule has 0 aromatic heterocycles. The molecular formula is C21H26N2O2. The molecule has 1 saturated heterocycles. The Labute approximate surface area is 149 Å². The van der Waals surface area contributed by atoms with E-state index in [0.29, 0.717) is 12.2 Å². The van der Waals surface area contributed by atoms with Crippen molar-refractivity contribution < 1.29 is 9.53 Å². The fourth-order valence-electron chi connectivity index (χ4n) is 3.51. The average molecular weight is 338 g/mol. The number of benzene rings is 2. The molecule has 0 saturated carbocycles. The molecular weight excluding hydrogens is 312 g/mol. The van der Waals surface area contributed by atoms with Crippen LogP contribution in [0.4, 0.5) is 17.1 Å². The van der Waals surface area contributed by atoms with E-state index < -0.39 is 0 Å². The maximum Gasteiger partial charge on any atom is 0.338 e. The van der Waals surface area contributed by atoms with E-state index in [9.17, 15) is 4.79 Å². The van der Waals surface area contributed by atoms with Gasteiger partial charge in [0.15, 0.2) is 0 Å². The van der Waals surface area contributed by atoms with Crippen LogP contribution in [0.25, 0.3) is 0 Å². The van der Waals surface area contributed by atoms with Gasteiger partial charge in [-0.2, -0.15) is 0 Å². The van der Waals surface area contributed by atoms with Gasteiger partial charge in [0, 0.05) is 18.8 Å². The van der Waals surface area contributed by atoms with Crippen molar-refractivity contribution >= 4 is 23.0 Å². The van der Waals surface area contributed by atoms with Crippen LogP contribution in [0.5, 0.6) is 0 Å². The first kappa shape index (κ1) is 17.3. The Kier molecular flexibility index (Phi) is 5.27. The molecule has 1 fully saturated rings. The summed E-state index contributed by atoms with van der Waals surface area (Å²) in [5, 5.41) is 3.53. The van der Waals surface area contributed by atoms with Crippen LogP contribution >= 0.6 is 0 Å². The number of esters is 1. The van der Waals surface area contributed by atoms with Crippen molar-refractivity contribution in [1.29, 1.82) is 0 Å². The number of carbonyl (C=O) groups is 1. The van der Waals surface area contributed by atoms with Crippen molar-refractivity contribution in [3.63, 3.8) is 0 Å². The van der Waals surface area contributed by atoms with E-state index in [1.807, 2.05) is 51.1 Å². The van der Waals surface area contributed by atoms with Gasteiger partial charge in [-0.3, -0.25) is 0 Å². The number of nitrogens with one attached hydrogen (secondary N) is 1. The summed E-state index contributed by atoms with van der Waals surface area (Å²) in [5.74, 6) is -0.249. The second kappa shape index (κ2) is 7.60. The number of hydrogen-bond donors (Lipinski definition) is 1. The molecule has 1 aliphatic heterocycles. The number of hydrogen-bond acceptors (Lipinski definition) is 4. The van der Waals surface area contributed by atoms with Gasteiger partial charge in [0.1, 0.15) is 0 Å². The van der Waals surface area contributed by atoms with Crippen LogP contribution in [0, 0.1) is 13.8 Å². The van der Waals surface area contributed by atoms with Crippen molar-refractivity contribution in [3.8, 4) is 0 Å². The van der Waals surface area contributed by atoms with E-state index in [0.717, 1.165) is 35.6 Å². The SMILES string of the molecule is CCOC(=O)c1c(C)cc(N2CCCC2)c(Nc2ccccc2)c1C. The molecule has 1 N–H and O–H groups in total. The van der Waals surface area contributed by atoms with Gasteiger partial charge in [0.25, 0.3) is 0 Å². The largest absolute Gasteiger partial charge is 0.462 e. The molecule has 4 heteroatoms. The Morgan fingerprint density at radius 2 is 1.84 bits per heavy atom. The van der Waals surface area contributed by atoms with Crippen LogP contribution in [0.2, 0.25) is 0 Å². The van der Waals surface area contributed by atoms with Gasteiger partial charge in [0.05, 0.1) is 23.5 Å². The highest BCUT2D eigenvalue weighted by molar-refractivity contribution is 5.97. The van der Waals surface area contributed by atoms with Gasteiger partial charge in [-0.25, -0.2) is 4.79 Å². The second-order valence-corrected chi connectivity index (χ2v) is 6.49. The van der Waals surface area contributed by atoms with E-state index in [4.69, 9.17) is 4.74 Å². The van der Waals surface area contributed by atoms with Crippen LogP contribution in [0.3, 0.4) is 0 Å². The maximum atomic E-state index is 12.5. The fourth-order valence-corrected chi connectivity index (χ4v) is 3.51. The van der Waals surface area contributed by atoms with E-state index in [1.165, 1.54) is 18.5 Å². The zero-order valence-corrected chi connectivity index (χ0v) is 15.3. The van der Waals surface area contributed by atoms with Gasteiger partial charge in [0.2, 0.25) is 0 Å². The molecule has 0 radical (unpaired) electrons. The molecule has 0 aliphatic carbocycles. The first-order chi connectivity index (χ1) is 12.1. The van der Waals surface area contributed by atoms with Crippen LogP contribution in [0.1, 0.15) is 41.3 Å². The minimum atomic E-state index is -0.249. The average Bonchev–Trinajstić information content (AvgIpc) is 3.13. The topological polar surface area (TPSA) is 41.6 Å². The molecule has 1 heterocycles. The fraction of sp³-hybridized carbons (Fsp3) is 0.381. The first-order valence-electron chi connectivity index (χ1n) is 9.00.